The molecule has 4 N–H and O–H groups in total. The SMILES string of the molecule is CC(C)(C)N(CCCCCC(=O)NN)C(=O)O. The number of nitrogens with two attached hydrogens (primary N) is 1. The molecule has 0 aliphatic carbocycles. The van der Waals surface area contributed by atoms with Crippen molar-refractivity contribution >= 4 is 12.0 Å². The standard InChI is InChI=1S/C11H23N3O3/c1-11(2,3)14(10(16)17)8-6-4-5-7-9(15)13-12/h4-8,12H2,1-3H3,(H,13,15)(H,16,17). The third kappa shape index (κ3) is 6.78. The second-order valence-corrected chi connectivity index (χ2v) is 4.98. The van der Waals surface area contributed by atoms with Crippen molar-refractivity contribution < 1.29 is 14.7 Å². The lowest BCUT2D eigenvalue weighted by Crippen LogP contribution is -2.45. The Kier molecular flexibility index (Phi) is 6.57. The average Bonchev–Trinajstić information content (AvgIpc) is 2.20. The van der Waals surface area contributed by atoms with Crippen molar-refractivity contribution in [2.24, 2.45) is 5.84 Å². The largest absolute Gasteiger partial charge is 0.465 e. The van der Waals surface area contributed by atoms with Crippen LogP contribution in [0.2, 0.25) is 0 Å². The molecule has 6 nitrogen and oxygen atoms in total. The highest BCUT2D eigenvalue weighted by Crippen LogP contribution is 2.14. The molecule has 0 atom stereocenters. The number of rotatable bonds is 6. The van der Waals surface area contributed by atoms with Gasteiger partial charge in [0, 0.05) is 18.5 Å². The Labute approximate surface area is 102 Å². The Morgan fingerprint density at radius 2 is 1.82 bits per heavy atom. The molecule has 0 aromatic heterocycles. The first kappa shape index (κ1) is 15.7. The number of hydrazine groups is 1. The average molecular weight is 245 g/mol. The van der Waals surface area contributed by atoms with Crippen molar-refractivity contribution in [1.82, 2.24) is 10.3 Å². The Hall–Kier alpha value is -1.30. The molecule has 0 bridgehead atoms. The molecule has 6 heteroatoms. The van der Waals surface area contributed by atoms with Crippen LogP contribution in [0.25, 0.3) is 0 Å². The molecule has 0 saturated heterocycles. The summed E-state index contributed by atoms with van der Waals surface area (Å²) in [4.78, 5) is 23.3. The summed E-state index contributed by atoms with van der Waals surface area (Å²) in [6.07, 6.45) is 1.77. The molecule has 100 valence electrons. The van der Waals surface area contributed by atoms with Gasteiger partial charge in [0.1, 0.15) is 0 Å². The van der Waals surface area contributed by atoms with Crippen molar-refractivity contribution in [3.05, 3.63) is 0 Å². The number of carboxylic acid groups (broad SMARTS) is 1. The summed E-state index contributed by atoms with van der Waals surface area (Å²) in [6, 6.07) is 0. The zero-order chi connectivity index (χ0) is 13.5. The van der Waals surface area contributed by atoms with E-state index in [1.165, 1.54) is 4.90 Å². The summed E-state index contributed by atoms with van der Waals surface area (Å²) in [5.41, 5.74) is 1.68. The van der Waals surface area contributed by atoms with Gasteiger partial charge >= 0.3 is 6.09 Å². The summed E-state index contributed by atoms with van der Waals surface area (Å²) in [6.45, 7) is 6.08. The van der Waals surface area contributed by atoms with Crippen molar-refractivity contribution in [1.29, 1.82) is 0 Å². The first-order valence-corrected chi connectivity index (χ1v) is 5.79. The van der Waals surface area contributed by atoms with E-state index < -0.39 is 6.09 Å². The number of nitrogens with zero attached hydrogens (tertiary/aromatic N) is 1. The zero-order valence-electron chi connectivity index (χ0n) is 10.8. The highest BCUT2D eigenvalue weighted by molar-refractivity contribution is 5.75. The predicted molar refractivity (Wildman–Crippen MR) is 65.3 cm³/mol. The van der Waals surface area contributed by atoms with Gasteiger partial charge in [0.15, 0.2) is 0 Å². The van der Waals surface area contributed by atoms with E-state index in [9.17, 15) is 9.59 Å². The van der Waals surface area contributed by atoms with Crippen molar-refractivity contribution in [3.63, 3.8) is 0 Å². The Bertz CT molecular complexity index is 261. The molecule has 0 aromatic carbocycles. The molecule has 2 amide bonds. The Morgan fingerprint density at radius 1 is 1.24 bits per heavy atom. The van der Waals surface area contributed by atoms with Crippen molar-refractivity contribution in [2.45, 2.75) is 52.0 Å². The van der Waals surface area contributed by atoms with Crippen LogP contribution in [0.5, 0.6) is 0 Å². The maximum atomic E-state index is 11.0. The molecule has 0 spiro atoms. The molecule has 0 rings (SSSR count). The van der Waals surface area contributed by atoms with Gasteiger partial charge in [0.05, 0.1) is 0 Å². The number of amides is 2. The third-order valence-electron chi connectivity index (χ3n) is 2.49. The van der Waals surface area contributed by atoms with Crippen LogP contribution in [0.4, 0.5) is 4.79 Å². The zero-order valence-corrected chi connectivity index (χ0v) is 10.8. The maximum absolute atomic E-state index is 11.0. The fourth-order valence-electron chi connectivity index (χ4n) is 1.52. The van der Waals surface area contributed by atoms with Gasteiger partial charge in [-0.25, -0.2) is 10.6 Å². The summed E-state index contributed by atoms with van der Waals surface area (Å²) in [5, 5.41) is 9.04. The quantitative estimate of drug-likeness (QED) is 0.284. The minimum atomic E-state index is -0.905. The molecular weight excluding hydrogens is 222 g/mol. The Morgan fingerprint density at radius 3 is 2.24 bits per heavy atom. The third-order valence-corrected chi connectivity index (χ3v) is 2.49. The highest BCUT2D eigenvalue weighted by Gasteiger charge is 2.25. The van der Waals surface area contributed by atoms with Crippen LogP contribution in [-0.2, 0) is 4.79 Å². The van der Waals surface area contributed by atoms with Crippen LogP contribution >= 0.6 is 0 Å². The van der Waals surface area contributed by atoms with Gasteiger partial charge in [0.25, 0.3) is 0 Å². The number of carbonyl (C=O) groups is 2. The lowest BCUT2D eigenvalue weighted by molar-refractivity contribution is -0.121. The maximum Gasteiger partial charge on any atom is 0.407 e. The van der Waals surface area contributed by atoms with Crippen LogP contribution in [0.1, 0.15) is 46.5 Å². The molecule has 0 radical (unpaired) electrons. The molecule has 17 heavy (non-hydrogen) atoms. The summed E-state index contributed by atoms with van der Waals surface area (Å²) >= 11 is 0. The lowest BCUT2D eigenvalue weighted by Gasteiger charge is -2.33. The number of hydrogen-bond acceptors (Lipinski definition) is 3. The van der Waals surface area contributed by atoms with Gasteiger partial charge in [-0.3, -0.25) is 10.2 Å². The summed E-state index contributed by atoms with van der Waals surface area (Å²) in [7, 11) is 0. The smallest absolute Gasteiger partial charge is 0.407 e. The van der Waals surface area contributed by atoms with Crippen LogP contribution in [0.15, 0.2) is 0 Å². The van der Waals surface area contributed by atoms with Gasteiger partial charge in [0.2, 0.25) is 5.91 Å². The molecular formula is C11H23N3O3. The molecule has 0 heterocycles. The number of nitrogens with one attached hydrogen (secondary N) is 1. The van der Waals surface area contributed by atoms with Gasteiger partial charge in [-0.2, -0.15) is 0 Å². The Balaban J connectivity index is 3.85. The normalized spacial score (nSPS) is 11.1. The van der Waals surface area contributed by atoms with Gasteiger partial charge < -0.3 is 10.0 Å². The first-order chi connectivity index (χ1) is 7.79. The van der Waals surface area contributed by atoms with Crippen molar-refractivity contribution in [3.8, 4) is 0 Å². The molecule has 0 aromatic rings. The molecule has 0 aliphatic heterocycles. The van der Waals surface area contributed by atoms with Crippen LogP contribution in [0, 0.1) is 0 Å². The van der Waals surface area contributed by atoms with Gasteiger partial charge in [-0.15, -0.1) is 0 Å². The topological polar surface area (TPSA) is 95.7 Å². The first-order valence-electron chi connectivity index (χ1n) is 5.79. The van der Waals surface area contributed by atoms with E-state index in [-0.39, 0.29) is 11.4 Å². The lowest BCUT2D eigenvalue weighted by atomic mass is 10.1. The van der Waals surface area contributed by atoms with E-state index in [1.807, 2.05) is 20.8 Å². The van der Waals surface area contributed by atoms with Crippen LogP contribution in [0.3, 0.4) is 0 Å². The molecule has 0 unspecified atom stereocenters. The van der Waals surface area contributed by atoms with E-state index in [0.717, 1.165) is 19.3 Å². The van der Waals surface area contributed by atoms with Crippen LogP contribution in [-0.4, -0.2) is 34.1 Å². The van der Waals surface area contributed by atoms with E-state index in [1.54, 1.807) is 0 Å². The van der Waals surface area contributed by atoms with Gasteiger partial charge in [-0.1, -0.05) is 6.42 Å². The fraction of sp³-hybridized carbons (Fsp3) is 0.818. The van der Waals surface area contributed by atoms with Gasteiger partial charge in [-0.05, 0) is 33.6 Å². The number of hydrogen-bond donors (Lipinski definition) is 3. The number of carbonyl (C=O) groups excluding carboxylic acids is 1. The van der Waals surface area contributed by atoms with Crippen molar-refractivity contribution in [2.75, 3.05) is 6.54 Å². The van der Waals surface area contributed by atoms with E-state index in [0.29, 0.717) is 13.0 Å². The molecule has 0 fully saturated rings. The highest BCUT2D eigenvalue weighted by atomic mass is 16.4. The van der Waals surface area contributed by atoms with E-state index >= 15 is 0 Å². The predicted octanol–water partition coefficient (Wildman–Crippen LogP) is 1.32. The second kappa shape index (κ2) is 7.11. The van der Waals surface area contributed by atoms with E-state index in [4.69, 9.17) is 10.9 Å². The minimum absolute atomic E-state index is 0.184. The minimum Gasteiger partial charge on any atom is -0.465 e. The number of unbranched alkanes of at least 4 members (excludes halogenated alkanes) is 2. The van der Waals surface area contributed by atoms with E-state index in [2.05, 4.69) is 5.43 Å². The summed E-state index contributed by atoms with van der Waals surface area (Å²) in [5.74, 6) is 4.76. The molecule has 0 aliphatic rings. The molecule has 0 saturated carbocycles. The van der Waals surface area contributed by atoms with Crippen LogP contribution < -0.4 is 11.3 Å². The second-order valence-electron chi connectivity index (χ2n) is 4.98. The monoisotopic (exact) mass is 245 g/mol. The summed E-state index contributed by atoms with van der Waals surface area (Å²) < 4.78 is 0. The fourth-order valence-corrected chi connectivity index (χ4v) is 1.52.